The van der Waals surface area contributed by atoms with E-state index < -0.39 is 11.7 Å². The highest BCUT2D eigenvalue weighted by Gasteiger charge is 2.31. The highest BCUT2D eigenvalue weighted by molar-refractivity contribution is 5.93. The van der Waals surface area contributed by atoms with Crippen molar-refractivity contribution in [3.63, 3.8) is 0 Å². The Morgan fingerprint density at radius 1 is 1.05 bits per heavy atom. The number of nitrogens with zero attached hydrogens (tertiary/aromatic N) is 4. The third kappa shape index (κ3) is 7.13. The Morgan fingerprint density at radius 3 is 2.45 bits per heavy atom. The molecule has 0 unspecified atom stereocenters. The molecule has 8 nitrogen and oxygen atoms in total. The molecule has 0 radical (unpaired) electrons. The van der Waals surface area contributed by atoms with E-state index in [2.05, 4.69) is 5.16 Å². The fourth-order valence-corrected chi connectivity index (χ4v) is 4.65. The van der Waals surface area contributed by atoms with E-state index in [1.54, 1.807) is 41.2 Å². The van der Waals surface area contributed by atoms with Gasteiger partial charge in [-0.1, -0.05) is 37.2 Å². The number of methoxy groups -OCH3 is 1. The molecule has 40 heavy (non-hydrogen) atoms. The number of rotatable bonds is 9. The summed E-state index contributed by atoms with van der Waals surface area (Å²) in [4.78, 5) is 31.4. The molecule has 2 heterocycles. The lowest BCUT2D eigenvalue weighted by molar-refractivity contribution is -0.137. The highest BCUT2D eigenvalue weighted by atomic mass is 19.4. The Hall–Kier alpha value is -4.02. The molecule has 0 bridgehead atoms. The van der Waals surface area contributed by atoms with Crippen LogP contribution in [-0.4, -0.2) is 73.1 Å². The summed E-state index contributed by atoms with van der Waals surface area (Å²) in [5.74, 6) is 0.815. The molecule has 0 N–H and O–H groups in total. The van der Waals surface area contributed by atoms with Crippen LogP contribution in [0.25, 0.3) is 11.3 Å². The zero-order valence-electron chi connectivity index (χ0n) is 22.8. The molecular weight excluding hydrogens is 525 g/mol. The van der Waals surface area contributed by atoms with Gasteiger partial charge in [-0.05, 0) is 36.2 Å². The van der Waals surface area contributed by atoms with Crippen molar-refractivity contribution in [3.8, 4) is 17.1 Å². The SMILES string of the molecule is COc1cccc(-c2cc(C(=O)N(CCC(=O)N3CCN(c4cccc(C(F)(F)F)c4)CC3)CC(C)C)no2)c1. The van der Waals surface area contributed by atoms with Crippen LogP contribution in [0.4, 0.5) is 18.9 Å². The van der Waals surface area contributed by atoms with Crippen molar-refractivity contribution >= 4 is 17.5 Å². The lowest BCUT2D eigenvalue weighted by Crippen LogP contribution is -2.49. The van der Waals surface area contributed by atoms with Gasteiger partial charge in [-0.3, -0.25) is 9.59 Å². The van der Waals surface area contributed by atoms with Gasteiger partial charge in [0.2, 0.25) is 5.91 Å². The third-order valence-electron chi connectivity index (χ3n) is 6.72. The molecule has 0 saturated carbocycles. The minimum Gasteiger partial charge on any atom is -0.497 e. The number of carbonyl (C=O) groups is 2. The Bertz CT molecular complexity index is 1320. The van der Waals surface area contributed by atoms with Gasteiger partial charge in [0, 0.05) is 63.0 Å². The van der Waals surface area contributed by atoms with Crippen LogP contribution in [0, 0.1) is 5.92 Å². The molecule has 1 aromatic heterocycles. The fraction of sp³-hybridized carbons (Fsp3) is 0.414. The summed E-state index contributed by atoms with van der Waals surface area (Å²) in [6.07, 6.45) is -4.28. The number of alkyl halides is 3. The van der Waals surface area contributed by atoms with E-state index in [-0.39, 0.29) is 36.4 Å². The second-order valence-corrected chi connectivity index (χ2v) is 10.1. The van der Waals surface area contributed by atoms with Crippen molar-refractivity contribution in [2.45, 2.75) is 26.4 Å². The lowest BCUT2D eigenvalue weighted by Gasteiger charge is -2.36. The van der Waals surface area contributed by atoms with Crippen molar-refractivity contribution in [1.82, 2.24) is 15.0 Å². The van der Waals surface area contributed by atoms with E-state index in [0.29, 0.717) is 49.9 Å². The number of aromatic nitrogens is 1. The van der Waals surface area contributed by atoms with Gasteiger partial charge < -0.3 is 24.0 Å². The monoisotopic (exact) mass is 558 g/mol. The molecule has 0 spiro atoms. The maximum Gasteiger partial charge on any atom is 0.416 e. The summed E-state index contributed by atoms with van der Waals surface area (Å²) in [6, 6.07) is 14.0. The molecule has 1 aliphatic heterocycles. The van der Waals surface area contributed by atoms with Crippen molar-refractivity contribution in [2.24, 2.45) is 5.92 Å². The summed E-state index contributed by atoms with van der Waals surface area (Å²) in [7, 11) is 1.57. The largest absolute Gasteiger partial charge is 0.497 e. The average Bonchev–Trinajstić information content (AvgIpc) is 3.45. The van der Waals surface area contributed by atoms with Crippen molar-refractivity contribution in [1.29, 1.82) is 0 Å². The number of carbonyl (C=O) groups excluding carboxylic acids is 2. The quantitative estimate of drug-likeness (QED) is 0.359. The van der Waals surface area contributed by atoms with E-state index >= 15 is 0 Å². The van der Waals surface area contributed by atoms with E-state index in [0.717, 1.165) is 17.7 Å². The van der Waals surface area contributed by atoms with Crippen molar-refractivity contribution in [3.05, 3.63) is 65.9 Å². The van der Waals surface area contributed by atoms with Gasteiger partial charge in [-0.25, -0.2) is 0 Å². The van der Waals surface area contributed by atoms with E-state index in [9.17, 15) is 22.8 Å². The van der Waals surface area contributed by atoms with E-state index in [1.165, 1.54) is 6.07 Å². The van der Waals surface area contributed by atoms with Gasteiger partial charge in [-0.15, -0.1) is 0 Å². The number of anilines is 1. The highest BCUT2D eigenvalue weighted by Crippen LogP contribution is 2.32. The molecule has 4 rings (SSSR count). The Kier molecular flexibility index (Phi) is 9.01. The zero-order chi connectivity index (χ0) is 28.9. The van der Waals surface area contributed by atoms with E-state index in [1.807, 2.05) is 30.9 Å². The van der Waals surface area contributed by atoms with Gasteiger partial charge in [0.1, 0.15) is 5.75 Å². The Morgan fingerprint density at radius 2 is 1.77 bits per heavy atom. The molecule has 0 atom stereocenters. The summed E-state index contributed by atoms with van der Waals surface area (Å²) in [5, 5.41) is 3.97. The number of hydrogen-bond acceptors (Lipinski definition) is 6. The van der Waals surface area contributed by atoms with Crippen LogP contribution in [0.2, 0.25) is 0 Å². The molecule has 214 valence electrons. The minimum atomic E-state index is -4.41. The standard InChI is InChI=1S/C29H33F3N4O4/c1-20(2)19-36(28(38)25-18-26(40-33-25)21-6-4-9-24(16-21)39-3)11-10-27(37)35-14-12-34(13-15-35)23-8-5-7-22(17-23)29(30,31)32/h4-9,16-18,20H,10-15,19H2,1-3H3. The van der Waals surface area contributed by atoms with Crippen molar-refractivity contribution < 1.29 is 32.0 Å². The first-order chi connectivity index (χ1) is 19.0. The van der Waals surface area contributed by atoms with Crippen LogP contribution >= 0.6 is 0 Å². The molecule has 2 amide bonds. The summed E-state index contributed by atoms with van der Waals surface area (Å²) in [6.45, 7) is 6.25. The predicted octanol–water partition coefficient (Wildman–Crippen LogP) is 5.21. The Balaban J connectivity index is 1.35. The average molecular weight is 559 g/mol. The number of benzene rings is 2. The number of piperazine rings is 1. The van der Waals surface area contributed by atoms with Crippen LogP contribution in [0.3, 0.4) is 0 Å². The number of ether oxygens (including phenoxy) is 1. The number of amides is 2. The normalized spacial score (nSPS) is 14.0. The smallest absolute Gasteiger partial charge is 0.416 e. The van der Waals surface area contributed by atoms with Gasteiger partial charge >= 0.3 is 6.18 Å². The van der Waals surface area contributed by atoms with Crippen LogP contribution in [0.15, 0.2) is 59.1 Å². The zero-order valence-corrected chi connectivity index (χ0v) is 22.8. The Labute approximate surface area is 231 Å². The molecule has 3 aromatic rings. The second-order valence-electron chi connectivity index (χ2n) is 10.1. The first kappa shape index (κ1) is 29.0. The van der Waals surface area contributed by atoms with Gasteiger partial charge in [0.05, 0.1) is 12.7 Å². The number of halogens is 3. The van der Waals surface area contributed by atoms with Crippen LogP contribution < -0.4 is 9.64 Å². The molecule has 0 aliphatic carbocycles. The summed E-state index contributed by atoms with van der Waals surface area (Å²) >= 11 is 0. The summed E-state index contributed by atoms with van der Waals surface area (Å²) < 4.78 is 49.9. The maximum absolute atomic E-state index is 13.3. The lowest BCUT2D eigenvalue weighted by atomic mass is 10.1. The maximum atomic E-state index is 13.3. The molecule has 11 heteroatoms. The van der Waals surface area contributed by atoms with Gasteiger partial charge in [0.15, 0.2) is 11.5 Å². The fourth-order valence-electron chi connectivity index (χ4n) is 4.65. The predicted molar refractivity (Wildman–Crippen MR) is 144 cm³/mol. The van der Waals surface area contributed by atoms with Gasteiger partial charge in [0.25, 0.3) is 5.91 Å². The van der Waals surface area contributed by atoms with Crippen molar-refractivity contribution in [2.75, 3.05) is 51.3 Å². The first-order valence-corrected chi connectivity index (χ1v) is 13.2. The molecule has 1 saturated heterocycles. The van der Waals surface area contributed by atoms with Gasteiger partial charge in [-0.2, -0.15) is 13.2 Å². The topological polar surface area (TPSA) is 79.1 Å². The van der Waals surface area contributed by atoms with E-state index in [4.69, 9.17) is 9.26 Å². The van der Waals surface area contributed by atoms with Crippen LogP contribution in [-0.2, 0) is 11.0 Å². The minimum absolute atomic E-state index is 0.109. The third-order valence-corrected chi connectivity index (χ3v) is 6.72. The van der Waals surface area contributed by atoms with Crippen LogP contribution in [0.5, 0.6) is 5.75 Å². The molecule has 1 fully saturated rings. The second kappa shape index (κ2) is 12.4. The van der Waals surface area contributed by atoms with Crippen LogP contribution in [0.1, 0.15) is 36.3 Å². The molecular formula is C29H33F3N4O4. The first-order valence-electron chi connectivity index (χ1n) is 13.2. The summed E-state index contributed by atoms with van der Waals surface area (Å²) in [5.41, 5.74) is 0.666. The number of hydrogen-bond donors (Lipinski definition) is 0. The molecule has 1 aliphatic rings. The molecule has 2 aromatic carbocycles.